The van der Waals surface area contributed by atoms with Crippen molar-refractivity contribution in [3.8, 4) is 0 Å². The van der Waals surface area contributed by atoms with Gasteiger partial charge in [-0.3, -0.25) is 0 Å². The normalized spacial score (nSPS) is 10.2. The Hall–Kier alpha value is -1.65. The number of hydrogen-bond acceptors (Lipinski definition) is 5. The second-order valence-corrected chi connectivity index (χ2v) is 1.83. The lowest BCUT2D eigenvalue weighted by molar-refractivity contribution is -0.136. The van der Waals surface area contributed by atoms with Crippen molar-refractivity contribution >= 4 is 5.97 Å². The number of methoxy groups -OCH3 is 1. The number of rotatable bonds is 5. The fourth-order valence-electron chi connectivity index (χ4n) is 0.528. The first-order chi connectivity index (χ1) is 5.76. The largest absolute Gasteiger partial charge is 0.464 e. The first-order valence-electron chi connectivity index (χ1n) is 3.34. The molecule has 0 amide bonds. The Morgan fingerprint density at radius 1 is 1.75 bits per heavy atom. The van der Waals surface area contributed by atoms with E-state index in [1.54, 1.807) is 0 Å². The lowest BCUT2D eigenvalue weighted by Gasteiger charge is -2.07. The molecule has 0 heterocycles. The highest BCUT2D eigenvalue weighted by atomic mass is 16.5. The zero-order chi connectivity index (χ0) is 9.40. The van der Waals surface area contributed by atoms with E-state index >= 15 is 0 Å². The van der Waals surface area contributed by atoms with Gasteiger partial charge in [0.25, 0.3) is 0 Å². The lowest BCUT2D eigenvalue weighted by atomic mass is 10.5. The fraction of sp³-hybridized carbons (Fsp3) is 0.286. The van der Waals surface area contributed by atoms with Crippen LogP contribution in [-0.4, -0.2) is 19.7 Å². The van der Waals surface area contributed by atoms with Crippen molar-refractivity contribution in [3.63, 3.8) is 0 Å². The predicted octanol–water partition coefficient (Wildman–Crippen LogP) is -0.760. The van der Waals surface area contributed by atoms with Gasteiger partial charge in [0.1, 0.15) is 5.70 Å². The summed E-state index contributed by atoms with van der Waals surface area (Å²) in [6.07, 6.45) is 2.65. The first kappa shape index (κ1) is 10.3. The standard InChI is InChI=1S/C7H13N3O2/c1-3-9-5-10-6(4-8)7(11)12-2/h3-4,9-10H,1,5,8H2,2H3/b6-4-. The molecular formula is C7H13N3O2. The summed E-state index contributed by atoms with van der Waals surface area (Å²) in [6.45, 7) is 3.81. The van der Waals surface area contributed by atoms with Crippen molar-refractivity contribution < 1.29 is 9.53 Å². The summed E-state index contributed by atoms with van der Waals surface area (Å²) in [5, 5.41) is 5.44. The second-order valence-electron chi connectivity index (χ2n) is 1.83. The van der Waals surface area contributed by atoms with E-state index in [4.69, 9.17) is 5.73 Å². The van der Waals surface area contributed by atoms with Crippen LogP contribution in [0, 0.1) is 0 Å². The van der Waals surface area contributed by atoms with Gasteiger partial charge in [0.2, 0.25) is 0 Å². The Bertz CT molecular complexity index is 189. The SMILES string of the molecule is C=CNCN/C(=C\N)C(=O)OC. The highest BCUT2D eigenvalue weighted by Crippen LogP contribution is 1.87. The molecule has 0 bridgehead atoms. The summed E-state index contributed by atoms with van der Waals surface area (Å²) in [5.74, 6) is -0.497. The topological polar surface area (TPSA) is 76.4 Å². The molecule has 0 spiro atoms. The van der Waals surface area contributed by atoms with Gasteiger partial charge in [0.15, 0.2) is 0 Å². The van der Waals surface area contributed by atoms with Crippen LogP contribution in [0.3, 0.4) is 0 Å². The molecule has 0 radical (unpaired) electrons. The number of nitrogens with one attached hydrogen (secondary N) is 2. The summed E-state index contributed by atoms with van der Waals surface area (Å²) < 4.78 is 4.43. The Kier molecular flexibility index (Phi) is 5.25. The Labute approximate surface area is 71.3 Å². The van der Waals surface area contributed by atoms with E-state index < -0.39 is 5.97 Å². The van der Waals surface area contributed by atoms with Crippen LogP contribution in [0.25, 0.3) is 0 Å². The van der Waals surface area contributed by atoms with Gasteiger partial charge < -0.3 is 21.1 Å². The molecule has 0 aliphatic rings. The van der Waals surface area contributed by atoms with E-state index in [0.29, 0.717) is 6.67 Å². The molecule has 4 N–H and O–H groups in total. The number of carbonyl (C=O) groups is 1. The summed E-state index contributed by atoms with van der Waals surface area (Å²) in [5.41, 5.74) is 5.37. The lowest BCUT2D eigenvalue weighted by Crippen LogP contribution is -2.29. The molecule has 12 heavy (non-hydrogen) atoms. The van der Waals surface area contributed by atoms with Gasteiger partial charge in [0.05, 0.1) is 13.8 Å². The highest BCUT2D eigenvalue weighted by molar-refractivity contribution is 5.87. The fourth-order valence-corrected chi connectivity index (χ4v) is 0.528. The van der Waals surface area contributed by atoms with Crippen LogP contribution in [0.5, 0.6) is 0 Å². The number of esters is 1. The molecule has 0 aromatic rings. The van der Waals surface area contributed by atoms with Crippen molar-refractivity contribution in [2.24, 2.45) is 5.73 Å². The van der Waals surface area contributed by atoms with Gasteiger partial charge in [0, 0.05) is 6.20 Å². The minimum absolute atomic E-state index is 0.215. The van der Waals surface area contributed by atoms with E-state index in [1.165, 1.54) is 13.3 Å². The Balaban J connectivity index is 3.85. The van der Waals surface area contributed by atoms with Crippen molar-refractivity contribution in [1.82, 2.24) is 10.6 Å². The molecule has 0 aromatic carbocycles. The third kappa shape index (κ3) is 3.50. The van der Waals surface area contributed by atoms with Crippen molar-refractivity contribution in [1.29, 1.82) is 0 Å². The zero-order valence-corrected chi connectivity index (χ0v) is 6.96. The maximum absolute atomic E-state index is 10.9. The minimum atomic E-state index is -0.497. The van der Waals surface area contributed by atoms with Gasteiger partial charge in [-0.05, 0) is 6.20 Å². The van der Waals surface area contributed by atoms with Crippen LogP contribution in [0.4, 0.5) is 0 Å². The summed E-state index contributed by atoms with van der Waals surface area (Å²) in [4.78, 5) is 10.9. The van der Waals surface area contributed by atoms with Gasteiger partial charge >= 0.3 is 5.97 Å². The predicted molar refractivity (Wildman–Crippen MR) is 45.6 cm³/mol. The Morgan fingerprint density at radius 2 is 2.42 bits per heavy atom. The van der Waals surface area contributed by atoms with Gasteiger partial charge in [-0.15, -0.1) is 0 Å². The van der Waals surface area contributed by atoms with Gasteiger partial charge in [-0.2, -0.15) is 0 Å². The van der Waals surface area contributed by atoms with Crippen LogP contribution in [0.15, 0.2) is 24.7 Å². The van der Waals surface area contributed by atoms with E-state index in [-0.39, 0.29) is 5.70 Å². The van der Waals surface area contributed by atoms with Gasteiger partial charge in [-0.25, -0.2) is 4.79 Å². The van der Waals surface area contributed by atoms with E-state index in [2.05, 4.69) is 21.9 Å². The van der Waals surface area contributed by atoms with Crippen LogP contribution < -0.4 is 16.4 Å². The Morgan fingerprint density at radius 3 is 2.83 bits per heavy atom. The van der Waals surface area contributed by atoms with Crippen LogP contribution in [0.1, 0.15) is 0 Å². The number of hydrogen-bond donors (Lipinski definition) is 3. The molecule has 0 saturated heterocycles. The van der Waals surface area contributed by atoms with Crippen LogP contribution in [0.2, 0.25) is 0 Å². The molecular weight excluding hydrogens is 158 g/mol. The van der Waals surface area contributed by atoms with Gasteiger partial charge in [-0.1, -0.05) is 6.58 Å². The van der Waals surface area contributed by atoms with Crippen LogP contribution >= 0.6 is 0 Å². The molecule has 0 atom stereocenters. The third-order valence-electron chi connectivity index (χ3n) is 1.10. The summed E-state index contributed by atoms with van der Waals surface area (Å²) >= 11 is 0. The van der Waals surface area contributed by atoms with E-state index in [0.717, 1.165) is 6.20 Å². The second kappa shape index (κ2) is 6.09. The number of ether oxygens (including phenoxy) is 1. The molecule has 0 rings (SSSR count). The molecule has 5 heteroatoms. The van der Waals surface area contributed by atoms with Crippen molar-refractivity contribution in [2.75, 3.05) is 13.8 Å². The quantitative estimate of drug-likeness (QED) is 0.219. The first-order valence-corrected chi connectivity index (χ1v) is 3.34. The zero-order valence-electron chi connectivity index (χ0n) is 6.96. The molecule has 0 saturated carbocycles. The smallest absolute Gasteiger partial charge is 0.355 e. The van der Waals surface area contributed by atoms with E-state index in [9.17, 15) is 4.79 Å². The molecule has 0 fully saturated rings. The van der Waals surface area contributed by atoms with Crippen molar-refractivity contribution in [3.05, 3.63) is 24.7 Å². The molecule has 68 valence electrons. The maximum atomic E-state index is 10.9. The minimum Gasteiger partial charge on any atom is -0.464 e. The molecule has 0 aromatic heterocycles. The number of carbonyl (C=O) groups excluding carboxylic acids is 1. The number of nitrogens with two attached hydrogens (primary N) is 1. The molecule has 5 nitrogen and oxygen atoms in total. The third-order valence-corrected chi connectivity index (χ3v) is 1.10. The average Bonchev–Trinajstić information content (AvgIpc) is 2.11. The van der Waals surface area contributed by atoms with Crippen molar-refractivity contribution in [2.45, 2.75) is 0 Å². The summed E-state index contributed by atoms with van der Waals surface area (Å²) in [7, 11) is 1.29. The average molecular weight is 171 g/mol. The molecule has 0 unspecified atom stereocenters. The van der Waals surface area contributed by atoms with E-state index in [1.807, 2.05) is 0 Å². The van der Waals surface area contributed by atoms with Crippen LogP contribution in [-0.2, 0) is 9.53 Å². The molecule has 0 aliphatic carbocycles. The molecule has 0 aliphatic heterocycles. The summed E-state index contributed by atoms with van der Waals surface area (Å²) in [6, 6.07) is 0. The highest BCUT2D eigenvalue weighted by Gasteiger charge is 2.06. The maximum Gasteiger partial charge on any atom is 0.355 e. The monoisotopic (exact) mass is 171 g/mol.